The van der Waals surface area contributed by atoms with Crippen molar-refractivity contribution in [3.05, 3.63) is 94.5 Å². The number of carbonyl (C=O) groups is 2. The topological polar surface area (TPSA) is 79.2 Å². The largest absolute Gasteiger partial charge is 0.461 e. The van der Waals surface area contributed by atoms with E-state index in [1.165, 1.54) is 0 Å². The van der Waals surface area contributed by atoms with Gasteiger partial charge in [0.2, 0.25) is 0 Å². The minimum Gasteiger partial charge on any atom is -0.461 e. The first-order valence-electron chi connectivity index (χ1n) is 10.2. The average molecular weight is 493 g/mol. The van der Waals surface area contributed by atoms with Crippen LogP contribution < -0.4 is 0 Å². The fraction of sp³-hybridized carbons (Fsp3) is 0.160. The highest BCUT2D eigenvalue weighted by Crippen LogP contribution is 2.37. The molecule has 0 aliphatic carbocycles. The van der Waals surface area contributed by atoms with Gasteiger partial charge in [0.25, 0.3) is 5.91 Å². The molecule has 1 atom stereocenters. The molecule has 0 radical (unpaired) electrons. The van der Waals surface area contributed by atoms with Crippen LogP contribution in [0, 0.1) is 0 Å². The Labute approximate surface area is 194 Å². The zero-order valence-corrected chi connectivity index (χ0v) is 19.0. The van der Waals surface area contributed by atoms with Crippen LogP contribution in [0.15, 0.2) is 88.4 Å². The molecule has 1 heterocycles. The third-order valence-electron chi connectivity index (χ3n) is 5.23. The van der Waals surface area contributed by atoms with Gasteiger partial charge in [0.1, 0.15) is 0 Å². The van der Waals surface area contributed by atoms with E-state index < -0.39 is 17.6 Å². The number of nitrogens with zero attached hydrogens (tertiary/aromatic N) is 2. The Morgan fingerprint density at radius 3 is 2.25 bits per heavy atom. The van der Waals surface area contributed by atoms with E-state index in [1.54, 1.807) is 43.3 Å². The molecule has 1 aliphatic rings. The Kier molecular flexibility index (Phi) is 6.21. The lowest BCUT2D eigenvalue weighted by molar-refractivity contribution is -0.135. The highest BCUT2D eigenvalue weighted by Gasteiger charge is 2.48. The van der Waals surface area contributed by atoms with Gasteiger partial charge in [0.15, 0.2) is 11.4 Å². The van der Waals surface area contributed by atoms with Gasteiger partial charge in [-0.3, -0.25) is 4.79 Å². The van der Waals surface area contributed by atoms with Gasteiger partial charge < -0.3 is 9.84 Å². The van der Waals surface area contributed by atoms with Crippen molar-refractivity contribution in [1.82, 2.24) is 5.01 Å². The Morgan fingerprint density at radius 1 is 1.00 bits per heavy atom. The van der Waals surface area contributed by atoms with E-state index in [4.69, 9.17) is 4.74 Å². The van der Waals surface area contributed by atoms with Crippen molar-refractivity contribution in [3.8, 4) is 11.1 Å². The lowest BCUT2D eigenvalue weighted by Crippen LogP contribution is -2.43. The highest BCUT2D eigenvalue weighted by molar-refractivity contribution is 9.10. The predicted octanol–water partition coefficient (Wildman–Crippen LogP) is 4.73. The number of benzene rings is 3. The molecule has 0 saturated heterocycles. The van der Waals surface area contributed by atoms with Crippen LogP contribution in [0.2, 0.25) is 0 Å². The summed E-state index contributed by atoms with van der Waals surface area (Å²) in [7, 11) is 0. The van der Waals surface area contributed by atoms with Gasteiger partial charge in [-0.15, -0.1) is 0 Å². The summed E-state index contributed by atoms with van der Waals surface area (Å²) in [5.41, 5.74) is 0.959. The number of amides is 1. The third-order valence-corrected chi connectivity index (χ3v) is 5.76. The molecule has 1 unspecified atom stereocenters. The first-order chi connectivity index (χ1) is 15.4. The molecule has 7 heteroatoms. The zero-order valence-electron chi connectivity index (χ0n) is 17.4. The van der Waals surface area contributed by atoms with Crippen LogP contribution in [0.3, 0.4) is 0 Å². The average Bonchev–Trinajstić information content (AvgIpc) is 3.18. The molecular formula is C25H21BrN2O4. The lowest BCUT2D eigenvalue weighted by Gasteiger charge is -2.31. The SMILES string of the molecule is CCOC(=O)C1=NN(C(=O)c2ccc(-c3ccccc3)cc2)C(O)(c2ccc(Br)cc2)C1. The number of aliphatic hydroxyl groups is 1. The Bertz CT molecular complexity index is 1160. The number of hydrogen-bond acceptors (Lipinski definition) is 5. The predicted molar refractivity (Wildman–Crippen MR) is 125 cm³/mol. The smallest absolute Gasteiger partial charge is 0.354 e. The van der Waals surface area contributed by atoms with Crippen LogP contribution in [0.4, 0.5) is 0 Å². The van der Waals surface area contributed by atoms with Crippen LogP contribution in [-0.2, 0) is 15.3 Å². The maximum atomic E-state index is 13.4. The van der Waals surface area contributed by atoms with E-state index in [0.717, 1.165) is 20.6 Å². The number of hydrazone groups is 1. The van der Waals surface area contributed by atoms with Crippen molar-refractivity contribution < 1.29 is 19.4 Å². The fourth-order valence-electron chi connectivity index (χ4n) is 3.59. The second-order valence-corrected chi connectivity index (χ2v) is 8.24. The summed E-state index contributed by atoms with van der Waals surface area (Å²) in [6, 6.07) is 23.7. The van der Waals surface area contributed by atoms with Crippen LogP contribution in [-0.4, -0.2) is 34.3 Å². The maximum absolute atomic E-state index is 13.4. The molecule has 32 heavy (non-hydrogen) atoms. The van der Waals surface area contributed by atoms with Crippen LogP contribution >= 0.6 is 15.9 Å². The normalized spacial score (nSPS) is 17.7. The second kappa shape index (κ2) is 9.06. The highest BCUT2D eigenvalue weighted by atomic mass is 79.9. The minimum absolute atomic E-state index is 0.00785. The number of carbonyl (C=O) groups excluding carboxylic acids is 2. The molecule has 3 aromatic carbocycles. The maximum Gasteiger partial charge on any atom is 0.354 e. The number of esters is 1. The van der Waals surface area contributed by atoms with Gasteiger partial charge in [-0.1, -0.05) is 70.5 Å². The van der Waals surface area contributed by atoms with Gasteiger partial charge in [0.05, 0.1) is 13.0 Å². The molecular weight excluding hydrogens is 472 g/mol. The summed E-state index contributed by atoms with van der Waals surface area (Å²) in [4.78, 5) is 25.7. The van der Waals surface area contributed by atoms with Crippen LogP contribution in [0.1, 0.15) is 29.3 Å². The van der Waals surface area contributed by atoms with Gasteiger partial charge >= 0.3 is 5.97 Å². The molecule has 1 N–H and O–H groups in total. The lowest BCUT2D eigenvalue weighted by atomic mass is 9.96. The van der Waals surface area contributed by atoms with Crippen molar-refractivity contribution in [2.75, 3.05) is 6.61 Å². The molecule has 0 fully saturated rings. The van der Waals surface area contributed by atoms with Gasteiger partial charge in [-0.05, 0) is 42.3 Å². The standard InChI is InChI=1S/C25H21BrN2O4/c1-2-32-24(30)22-16-25(31,20-12-14-21(26)15-13-20)28(27-22)23(29)19-10-8-18(9-11-19)17-6-4-3-5-7-17/h3-15,31H,2,16H2,1H3. The van der Waals surface area contributed by atoms with Crippen LogP contribution in [0.25, 0.3) is 11.1 Å². The molecule has 3 aromatic rings. The molecule has 162 valence electrons. The molecule has 0 bridgehead atoms. The second-order valence-electron chi connectivity index (χ2n) is 7.33. The summed E-state index contributed by atoms with van der Waals surface area (Å²) >= 11 is 3.37. The molecule has 1 aliphatic heterocycles. The Balaban J connectivity index is 1.69. The molecule has 0 aromatic heterocycles. The summed E-state index contributed by atoms with van der Waals surface area (Å²) in [6.45, 7) is 1.86. The monoisotopic (exact) mass is 492 g/mol. The molecule has 0 saturated carbocycles. The van der Waals surface area contributed by atoms with E-state index >= 15 is 0 Å². The first kappa shape index (κ1) is 21.9. The van der Waals surface area contributed by atoms with E-state index in [-0.39, 0.29) is 18.7 Å². The number of hydrogen-bond donors (Lipinski definition) is 1. The van der Waals surface area contributed by atoms with E-state index in [1.807, 2.05) is 42.5 Å². The van der Waals surface area contributed by atoms with E-state index in [0.29, 0.717) is 11.1 Å². The molecule has 4 rings (SSSR count). The number of ether oxygens (including phenoxy) is 1. The van der Waals surface area contributed by atoms with Gasteiger partial charge in [-0.2, -0.15) is 10.1 Å². The fourth-order valence-corrected chi connectivity index (χ4v) is 3.85. The minimum atomic E-state index is -1.81. The summed E-state index contributed by atoms with van der Waals surface area (Å²) in [6.07, 6.45) is -0.165. The summed E-state index contributed by atoms with van der Waals surface area (Å²) in [5, 5.41) is 16.7. The van der Waals surface area contributed by atoms with Crippen molar-refractivity contribution >= 4 is 33.5 Å². The van der Waals surface area contributed by atoms with Crippen LogP contribution in [0.5, 0.6) is 0 Å². The number of rotatable bonds is 5. The third kappa shape index (κ3) is 4.22. The molecule has 1 amide bonds. The summed E-state index contributed by atoms with van der Waals surface area (Å²) < 4.78 is 5.87. The summed E-state index contributed by atoms with van der Waals surface area (Å²) in [5.74, 6) is -1.17. The Morgan fingerprint density at radius 2 is 1.62 bits per heavy atom. The quantitative estimate of drug-likeness (QED) is 0.522. The number of halogens is 1. The van der Waals surface area contributed by atoms with Gasteiger partial charge in [-0.25, -0.2) is 4.79 Å². The van der Waals surface area contributed by atoms with E-state index in [9.17, 15) is 14.7 Å². The van der Waals surface area contributed by atoms with E-state index in [2.05, 4.69) is 21.0 Å². The first-order valence-corrected chi connectivity index (χ1v) is 10.9. The van der Waals surface area contributed by atoms with Crippen molar-refractivity contribution in [3.63, 3.8) is 0 Å². The van der Waals surface area contributed by atoms with Gasteiger partial charge in [0, 0.05) is 15.6 Å². The molecule has 6 nitrogen and oxygen atoms in total. The van der Waals surface area contributed by atoms with Crippen molar-refractivity contribution in [1.29, 1.82) is 0 Å². The van der Waals surface area contributed by atoms with Crippen molar-refractivity contribution in [2.45, 2.75) is 19.1 Å². The zero-order chi connectivity index (χ0) is 22.7. The van der Waals surface area contributed by atoms with Crippen molar-refractivity contribution in [2.24, 2.45) is 5.10 Å². The Hall–Kier alpha value is -3.29. The molecule has 0 spiro atoms.